The van der Waals surface area contributed by atoms with Crippen molar-refractivity contribution in [3.8, 4) is 0 Å². The van der Waals surface area contributed by atoms with Crippen molar-refractivity contribution in [2.24, 2.45) is 5.16 Å². The van der Waals surface area contributed by atoms with Gasteiger partial charge in [0.15, 0.2) is 0 Å². The van der Waals surface area contributed by atoms with Crippen LogP contribution in [0.5, 0.6) is 0 Å². The molecule has 0 amide bonds. The maximum atomic E-state index is 12.5. The van der Waals surface area contributed by atoms with E-state index in [0.717, 1.165) is 10.0 Å². The summed E-state index contributed by atoms with van der Waals surface area (Å²) in [6.45, 7) is 0.158. The van der Waals surface area contributed by atoms with Crippen molar-refractivity contribution in [1.29, 1.82) is 0 Å². The van der Waals surface area contributed by atoms with Crippen LogP contribution >= 0.6 is 15.9 Å². The molecule has 0 heterocycles. The van der Waals surface area contributed by atoms with Crippen molar-refractivity contribution in [2.45, 2.75) is 13.0 Å². The molecule has 0 radical (unpaired) electrons. The summed E-state index contributed by atoms with van der Waals surface area (Å²) in [6.07, 6.45) is -0.901. The lowest BCUT2D eigenvalue weighted by atomic mass is 10.1. The summed E-state index contributed by atoms with van der Waals surface area (Å²) in [6, 6.07) is 13.7. The molecule has 0 atom stereocenters. The minimum atomic E-state index is -2.47. The molecule has 104 valence electrons. The highest BCUT2D eigenvalue weighted by Gasteiger charge is 2.06. The van der Waals surface area contributed by atoms with Crippen molar-refractivity contribution in [1.82, 2.24) is 0 Å². The lowest BCUT2D eigenvalue weighted by Crippen LogP contribution is -1.91. The Labute approximate surface area is 124 Å². The number of hydrogen-bond acceptors (Lipinski definition) is 2. The van der Waals surface area contributed by atoms with Gasteiger partial charge in [-0.3, -0.25) is 0 Å². The van der Waals surface area contributed by atoms with E-state index in [0.29, 0.717) is 5.56 Å². The number of hydrogen-bond donors (Lipinski definition) is 0. The second-order valence-corrected chi connectivity index (χ2v) is 5.02. The summed E-state index contributed by atoms with van der Waals surface area (Å²) in [7, 11) is 0. The van der Waals surface area contributed by atoms with E-state index in [-0.39, 0.29) is 12.2 Å². The second-order valence-electron chi connectivity index (χ2n) is 4.11. The van der Waals surface area contributed by atoms with E-state index in [1.807, 2.05) is 24.3 Å². The molecule has 5 heteroatoms. The van der Waals surface area contributed by atoms with Gasteiger partial charge in [-0.2, -0.15) is 0 Å². The SMILES string of the molecule is FC(F)c1cccc(CON=Cc2cccc(Br)c2)c1. The average molecular weight is 340 g/mol. The van der Waals surface area contributed by atoms with Crippen molar-refractivity contribution in [2.75, 3.05) is 0 Å². The molecule has 0 fully saturated rings. The highest BCUT2D eigenvalue weighted by Crippen LogP contribution is 2.19. The van der Waals surface area contributed by atoms with Gasteiger partial charge in [0, 0.05) is 10.0 Å². The number of oxime groups is 1. The predicted octanol–water partition coefficient (Wildman–Crippen LogP) is 4.94. The second kappa shape index (κ2) is 7.14. The van der Waals surface area contributed by atoms with E-state index >= 15 is 0 Å². The molecule has 0 N–H and O–H groups in total. The third-order valence-corrected chi connectivity index (χ3v) is 3.05. The van der Waals surface area contributed by atoms with Gasteiger partial charge >= 0.3 is 0 Å². The first-order valence-corrected chi connectivity index (χ1v) is 6.72. The molecule has 0 saturated carbocycles. The Kier molecular flexibility index (Phi) is 5.24. The van der Waals surface area contributed by atoms with E-state index in [2.05, 4.69) is 21.1 Å². The van der Waals surface area contributed by atoms with Crippen molar-refractivity contribution in [3.05, 3.63) is 69.7 Å². The molecule has 20 heavy (non-hydrogen) atoms. The van der Waals surface area contributed by atoms with Gasteiger partial charge in [0.2, 0.25) is 0 Å². The Hall–Kier alpha value is -1.75. The maximum Gasteiger partial charge on any atom is 0.263 e. The molecule has 2 aromatic carbocycles. The highest BCUT2D eigenvalue weighted by atomic mass is 79.9. The lowest BCUT2D eigenvalue weighted by Gasteiger charge is -2.03. The molecular formula is C15H12BrF2NO. The number of halogens is 3. The van der Waals surface area contributed by atoms with Crippen molar-refractivity contribution < 1.29 is 13.6 Å². The third-order valence-electron chi connectivity index (χ3n) is 2.56. The summed E-state index contributed by atoms with van der Waals surface area (Å²) in [5.41, 5.74) is 1.54. The quantitative estimate of drug-likeness (QED) is 0.558. The number of rotatable bonds is 5. The standard InChI is InChI=1S/C15H12BrF2NO/c16-14-6-2-3-11(8-14)9-19-20-10-12-4-1-5-13(7-12)15(17)18/h1-9,15H,10H2. The molecule has 0 aromatic heterocycles. The van der Waals surface area contributed by atoms with Gasteiger partial charge in [-0.15, -0.1) is 0 Å². The Balaban J connectivity index is 1.91. The molecular weight excluding hydrogens is 328 g/mol. The largest absolute Gasteiger partial charge is 0.391 e. The van der Waals surface area contributed by atoms with Crippen LogP contribution in [0.4, 0.5) is 8.78 Å². The number of alkyl halides is 2. The van der Waals surface area contributed by atoms with E-state index in [1.165, 1.54) is 12.1 Å². The van der Waals surface area contributed by atoms with Crippen LogP contribution < -0.4 is 0 Å². The normalized spacial score (nSPS) is 11.2. The molecule has 0 aliphatic carbocycles. The number of benzene rings is 2. The summed E-state index contributed by atoms with van der Waals surface area (Å²) >= 11 is 3.36. The zero-order valence-corrected chi connectivity index (χ0v) is 12.1. The van der Waals surface area contributed by atoms with E-state index in [4.69, 9.17) is 4.84 Å². The van der Waals surface area contributed by atoms with E-state index in [1.54, 1.807) is 18.3 Å². The predicted molar refractivity (Wildman–Crippen MR) is 77.9 cm³/mol. The summed E-state index contributed by atoms with van der Waals surface area (Å²) < 4.78 is 26.0. The van der Waals surface area contributed by atoms with Crippen LogP contribution in [0.3, 0.4) is 0 Å². The van der Waals surface area contributed by atoms with Crippen LogP contribution in [-0.2, 0) is 11.4 Å². The maximum absolute atomic E-state index is 12.5. The fourth-order valence-corrected chi connectivity index (χ4v) is 2.03. The van der Waals surface area contributed by atoms with Gasteiger partial charge in [0.1, 0.15) is 6.61 Å². The average Bonchev–Trinajstić information content (AvgIpc) is 2.44. The van der Waals surface area contributed by atoms with E-state index in [9.17, 15) is 8.78 Å². The van der Waals surface area contributed by atoms with Gasteiger partial charge in [-0.25, -0.2) is 8.78 Å². The Bertz CT molecular complexity index is 602. The first kappa shape index (κ1) is 14.7. The van der Waals surface area contributed by atoms with Gasteiger partial charge in [0.05, 0.1) is 6.21 Å². The molecule has 0 unspecified atom stereocenters. The molecule has 0 bridgehead atoms. The summed E-state index contributed by atoms with van der Waals surface area (Å²) in [4.78, 5) is 5.11. The van der Waals surface area contributed by atoms with Crippen LogP contribution in [0.1, 0.15) is 23.1 Å². The minimum absolute atomic E-state index is 0.0120. The van der Waals surface area contributed by atoms with Crippen LogP contribution in [0.15, 0.2) is 58.2 Å². The van der Waals surface area contributed by atoms with Crippen LogP contribution in [-0.4, -0.2) is 6.21 Å². The zero-order chi connectivity index (χ0) is 14.4. The first-order chi connectivity index (χ1) is 9.65. The first-order valence-electron chi connectivity index (χ1n) is 5.93. The van der Waals surface area contributed by atoms with Gasteiger partial charge in [0.25, 0.3) is 6.43 Å². The minimum Gasteiger partial charge on any atom is -0.391 e. The molecule has 0 aliphatic heterocycles. The molecule has 0 saturated heterocycles. The number of nitrogens with zero attached hydrogens (tertiary/aromatic N) is 1. The fourth-order valence-electron chi connectivity index (χ4n) is 1.62. The third kappa shape index (κ3) is 4.42. The summed E-state index contributed by atoms with van der Waals surface area (Å²) in [5.74, 6) is 0. The van der Waals surface area contributed by atoms with Crippen molar-refractivity contribution in [3.63, 3.8) is 0 Å². The van der Waals surface area contributed by atoms with Gasteiger partial charge in [-0.1, -0.05) is 51.4 Å². The zero-order valence-electron chi connectivity index (χ0n) is 10.5. The van der Waals surface area contributed by atoms with Crippen molar-refractivity contribution >= 4 is 22.1 Å². The topological polar surface area (TPSA) is 21.6 Å². The molecule has 2 aromatic rings. The smallest absolute Gasteiger partial charge is 0.263 e. The van der Waals surface area contributed by atoms with Crippen LogP contribution in [0.2, 0.25) is 0 Å². The van der Waals surface area contributed by atoms with Crippen LogP contribution in [0, 0.1) is 0 Å². The molecule has 0 aliphatic rings. The Morgan fingerprint density at radius 2 is 1.95 bits per heavy atom. The monoisotopic (exact) mass is 339 g/mol. The molecule has 0 spiro atoms. The van der Waals surface area contributed by atoms with Gasteiger partial charge in [-0.05, 0) is 29.3 Å². The highest BCUT2D eigenvalue weighted by molar-refractivity contribution is 9.10. The van der Waals surface area contributed by atoms with Crippen LogP contribution in [0.25, 0.3) is 0 Å². The lowest BCUT2D eigenvalue weighted by molar-refractivity contribution is 0.130. The van der Waals surface area contributed by atoms with Gasteiger partial charge < -0.3 is 4.84 Å². The molecule has 2 nitrogen and oxygen atoms in total. The summed E-state index contributed by atoms with van der Waals surface area (Å²) in [5, 5.41) is 3.82. The Morgan fingerprint density at radius 1 is 1.15 bits per heavy atom. The van der Waals surface area contributed by atoms with E-state index < -0.39 is 6.43 Å². The Morgan fingerprint density at radius 3 is 2.70 bits per heavy atom. The fraction of sp³-hybridized carbons (Fsp3) is 0.133. The molecule has 2 rings (SSSR count).